The van der Waals surface area contributed by atoms with Crippen molar-refractivity contribution in [1.29, 1.82) is 5.41 Å². The molecule has 0 spiro atoms. The van der Waals surface area contributed by atoms with Gasteiger partial charge in [0.1, 0.15) is 24.1 Å². The number of hydrogen-bond acceptors (Lipinski definition) is 19. The van der Waals surface area contributed by atoms with Gasteiger partial charge in [-0.2, -0.15) is 0 Å². The molecule has 0 unspecified atom stereocenters. The van der Waals surface area contributed by atoms with Crippen LogP contribution in [0.5, 0.6) is 0 Å². The van der Waals surface area contributed by atoms with Crippen LogP contribution in [0, 0.1) is 50.7 Å². The van der Waals surface area contributed by atoms with Crippen LogP contribution in [-0.2, 0) is 50.3 Å². The number of aromatic nitrogens is 4. The number of rotatable bonds is 19. The summed E-state index contributed by atoms with van der Waals surface area (Å²) in [4.78, 5) is 103. The molecule has 6 aliphatic heterocycles. The number of aliphatic hydroxyl groups is 2. The first-order valence-electron chi connectivity index (χ1n) is 26.9. The van der Waals surface area contributed by atoms with Crippen LogP contribution in [0.3, 0.4) is 0 Å². The molecule has 13 N–H and O–H groups in total. The first-order chi connectivity index (χ1) is 37.6. The maximum Gasteiger partial charge on any atom is 2.00 e. The molecule has 0 aromatic carbocycles. The number of anilines is 1. The van der Waals surface area contributed by atoms with Crippen LogP contribution < -0.4 is 21.9 Å². The summed E-state index contributed by atoms with van der Waals surface area (Å²) in [5, 5.41) is 94.9. The van der Waals surface area contributed by atoms with Gasteiger partial charge in [-0.15, -0.1) is 0 Å². The van der Waals surface area contributed by atoms with Gasteiger partial charge in [0.15, 0.2) is 17.7 Å². The number of carbonyl (C=O) groups excluding carboxylic acids is 1. The second-order valence-electron chi connectivity index (χ2n) is 23.9. The van der Waals surface area contributed by atoms with E-state index in [0.717, 1.165) is 0 Å². The zero-order chi connectivity index (χ0) is 60.2. The average molecular weight is 1190 g/mol. The third kappa shape index (κ3) is 11.6. The van der Waals surface area contributed by atoms with Crippen LogP contribution in [0.1, 0.15) is 139 Å². The fourth-order valence-corrected chi connectivity index (χ4v) is 13.9. The molecule has 0 aliphatic carbocycles. The van der Waals surface area contributed by atoms with E-state index >= 15 is 0 Å². The number of allylic oxidation sites excluding steroid dienone is 6. The van der Waals surface area contributed by atoms with Crippen molar-refractivity contribution in [3.05, 3.63) is 47.0 Å². The molecule has 6 aliphatic rings. The Kier molecular flexibility index (Phi) is 18.6. The van der Waals surface area contributed by atoms with Gasteiger partial charge in [0.2, 0.25) is 5.91 Å². The van der Waals surface area contributed by atoms with Crippen molar-refractivity contribution in [3.8, 4) is 0 Å². The van der Waals surface area contributed by atoms with Crippen LogP contribution in [0.25, 0.3) is 11.2 Å². The number of primary amides is 1. The van der Waals surface area contributed by atoms with Gasteiger partial charge in [0.25, 0.3) is 0 Å². The van der Waals surface area contributed by atoms with E-state index in [1.165, 1.54) is 12.7 Å². The van der Waals surface area contributed by atoms with E-state index < -0.39 is 130 Å². The average Bonchev–Trinajstić information content (AvgIpc) is 2.58. The number of aliphatic carboxylic acids is 5. The van der Waals surface area contributed by atoms with E-state index in [0.29, 0.717) is 56.5 Å². The van der Waals surface area contributed by atoms with E-state index in [1.54, 1.807) is 59.1 Å². The molecule has 2 saturated heterocycles. The predicted octanol–water partition coefficient (Wildman–Crippen LogP) is 3.62. The molecule has 1 radical (unpaired) electrons. The summed E-state index contributed by atoms with van der Waals surface area (Å²) >= 11 is 0. The number of ether oxygens (including phenoxy) is 1. The van der Waals surface area contributed by atoms with Crippen LogP contribution in [-0.4, -0.2) is 144 Å². The zero-order valence-electron chi connectivity index (χ0n) is 47.2. The summed E-state index contributed by atoms with van der Waals surface area (Å²) in [6, 6.07) is -1.08. The van der Waals surface area contributed by atoms with Crippen molar-refractivity contribution in [1.82, 2.24) is 24.8 Å². The molecule has 82 heavy (non-hydrogen) atoms. The van der Waals surface area contributed by atoms with Gasteiger partial charge in [-0.05, 0) is 82.9 Å². The molecule has 447 valence electrons. The summed E-state index contributed by atoms with van der Waals surface area (Å²) in [5.74, 6) is -10.1. The van der Waals surface area contributed by atoms with Gasteiger partial charge in [-0.3, -0.25) is 48.3 Å². The van der Waals surface area contributed by atoms with Gasteiger partial charge >= 0.3 is 46.6 Å². The second-order valence-corrected chi connectivity index (χ2v) is 23.9. The first-order valence-corrected chi connectivity index (χ1v) is 26.9. The Morgan fingerprint density at radius 1 is 0.793 bits per heavy atom. The third-order valence-electron chi connectivity index (χ3n) is 18.5. The Morgan fingerprint density at radius 2 is 1.38 bits per heavy atom. The topological polar surface area (TPSA) is 445 Å². The van der Waals surface area contributed by atoms with Gasteiger partial charge in [0, 0.05) is 112 Å². The van der Waals surface area contributed by atoms with Crippen molar-refractivity contribution < 1.29 is 91.1 Å². The van der Waals surface area contributed by atoms with Crippen LogP contribution in [0.15, 0.2) is 61.9 Å². The number of carbonyl (C=O) groups is 6. The SMILES string of the molecule is CC1=C2N=C(C=C3NC(=C(C)C4=N[C@@](C)([C@@H]5N=C1[C@](C)(CCC(=O)O)[C@H]5CC(=O)O)[C@@](C)(CC(N)=O)[C@@H]4CCC(=O)O)[C@@](C)(CC(=N)[O-])[C@@H]3CCC(=O)O)C(C)(C)[C@@H]2CCC(=O)O.C[C@H]1O[C@@H](n2cnc3c(N)ncnc32)[C@H](O)[C@@H]1O.[Co+2]. The van der Waals surface area contributed by atoms with Gasteiger partial charge in [-0.25, -0.2) is 15.0 Å². The Balaban J connectivity index is 0.000000477. The summed E-state index contributed by atoms with van der Waals surface area (Å²) in [5.41, 5.74) is 9.79. The number of carboxylic acids is 5. The number of nitrogens with one attached hydrogen (secondary N) is 2. The smallest absolute Gasteiger partial charge is 0.862 e. The minimum atomic E-state index is -1.53. The number of aliphatic imine (C=N–C) groups is 3. The van der Waals surface area contributed by atoms with Crippen LogP contribution in [0.2, 0.25) is 0 Å². The van der Waals surface area contributed by atoms with Crippen molar-refractivity contribution in [2.75, 3.05) is 5.73 Å². The number of amides is 1. The monoisotopic (exact) mass is 1190 g/mol. The molecule has 26 nitrogen and oxygen atoms in total. The number of aliphatic hydroxyl groups excluding tert-OH is 2. The van der Waals surface area contributed by atoms with Gasteiger partial charge < -0.3 is 67.8 Å². The molecule has 8 rings (SSSR count). The Bertz CT molecular complexity index is 3150. The largest absolute Gasteiger partial charge is 2.00 e. The predicted molar refractivity (Wildman–Crippen MR) is 290 cm³/mol. The molecule has 0 saturated carbocycles. The summed E-state index contributed by atoms with van der Waals surface area (Å²) in [7, 11) is 0. The Labute approximate surface area is 483 Å². The van der Waals surface area contributed by atoms with Crippen LogP contribution >= 0.6 is 0 Å². The molecule has 27 heteroatoms. The molecular formula is C55H74CoN11O15+. The van der Waals surface area contributed by atoms with E-state index in [9.17, 15) is 69.6 Å². The third-order valence-corrected chi connectivity index (χ3v) is 18.5. The summed E-state index contributed by atoms with van der Waals surface area (Å²) in [6.45, 7) is 16.0. The van der Waals surface area contributed by atoms with E-state index in [4.69, 9.17) is 36.6 Å². The molecule has 1 amide bonds. The van der Waals surface area contributed by atoms with E-state index in [-0.39, 0.29) is 86.8 Å². The first kappa shape index (κ1) is 64.2. The Morgan fingerprint density at radius 3 is 1.91 bits per heavy atom. The molecule has 8 bridgehead atoms. The van der Waals surface area contributed by atoms with Gasteiger partial charge in [-0.1, -0.05) is 34.6 Å². The minimum Gasteiger partial charge on any atom is -0.862 e. The molecule has 8 heterocycles. The number of nitrogens with two attached hydrogens (primary N) is 2. The Hall–Kier alpha value is -6.94. The number of imidazole rings is 1. The zero-order valence-corrected chi connectivity index (χ0v) is 48.3. The maximum atomic E-state index is 13.3. The minimum absolute atomic E-state index is 0. The number of nitrogens with zero attached hydrogens (tertiary/aromatic N) is 7. The maximum absolute atomic E-state index is 13.3. The second kappa shape index (κ2) is 23.7. The number of fused-ring (bicyclic) bond motifs is 7. The van der Waals surface area contributed by atoms with Crippen molar-refractivity contribution in [3.63, 3.8) is 0 Å². The number of nitrogen functional groups attached to an aromatic ring is 1. The molecular weight excluding hydrogens is 1110 g/mol. The standard InChI is InChI=1S/C45H62N6O12.C10H13N5O3.Co/c1-21-36-24(10-13-32(56)57)41(3,4)28(49-36)18-27-23(9-12-31(54)55)43(6,19-29(46)52)39(48-27)22(2)37-25(11-14-33(58)59)44(7,20-30(47)53)45(8,51-37)40-26(17-35(62)63)42(5,38(21)50-40)16-15-34(60)61;1-4-6(16)7(17)10(18-4)15-3-14-5-8(11)12-2-13-9(5)15;/h18,23-26,40,48H,9-17,19-20H2,1-8H3,(H2,46,52)(H2,47,53)(H,54,55)(H,56,57)(H,58,59)(H,60,61)(H,62,63);2-4,6-7,10,16-17H,1H3,(H2,11,12,13);/q;;+2/p-1/t23-,24-,25-,26+,40-,42-,43+,44+,45+;4-,6-,7-,10-;/m11./s1. The summed E-state index contributed by atoms with van der Waals surface area (Å²) in [6.07, 6.45) is -1.09. The molecule has 2 aromatic rings. The van der Waals surface area contributed by atoms with Crippen molar-refractivity contribution in [2.45, 2.75) is 169 Å². The van der Waals surface area contributed by atoms with E-state index in [2.05, 4.69) is 20.3 Å². The molecule has 2 fully saturated rings. The quantitative estimate of drug-likeness (QED) is 0.0706. The molecule has 13 atom stereocenters. The van der Waals surface area contributed by atoms with Crippen LogP contribution in [0.4, 0.5) is 5.82 Å². The van der Waals surface area contributed by atoms with E-state index in [1.807, 2.05) is 13.8 Å². The fourth-order valence-electron chi connectivity index (χ4n) is 13.9. The molecule has 2 aromatic heterocycles. The number of hydrogen-bond donors (Lipinski definition) is 11. The summed E-state index contributed by atoms with van der Waals surface area (Å²) < 4.78 is 7.05. The fraction of sp³-hybridized carbons (Fsp3) is 0.618. The normalized spacial score (nSPS) is 32.5. The van der Waals surface area contributed by atoms with Crippen molar-refractivity contribution >= 4 is 75.8 Å². The van der Waals surface area contributed by atoms with Gasteiger partial charge in [0.05, 0.1) is 30.4 Å². The number of carboxylic acid groups (broad SMARTS) is 5. The van der Waals surface area contributed by atoms with Crippen molar-refractivity contribution in [2.24, 2.45) is 66.0 Å².